The van der Waals surface area contributed by atoms with Gasteiger partial charge in [0.2, 0.25) is 10.0 Å². The maximum atomic E-state index is 12.2. The van der Waals surface area contributed by atoms with Crippen LogP contribution in [0.1, 0.15) is 34.0 Å². The fourth-order valence-corrected chi connectivity index (χ4v) is 3.41. The first kappa shape index (κ1) is 18.2. The van der Waals surface area contributed by atoms with Crippen molar-refractivity contribution in [3.63, 3.8) is 0 Å². The Morgan fingerprint density at radius 3 is 2.38 bits per heavy atom. The molecule has 0 heterocycles. The molecule has 0 aliphatic heterocycles. The van der Waals surface area contributed by atoms with Gasteiger partial charge in [-0.2, -0.15) is 0 Å². The van der Waals surface area contributed by atoms with Crippen LogP contribution in [-0.4, -0.2) is 20.9 Å². The van der Waals surface area contributed by atoms with E-state index in [2.05, 4.69) is 10.0 Å². The van der Waals surface area contributed by atoms with Crippen LogP contribution in [0.5, 0.6) is 0 Å². The lowest BCUT2D eigenvalue weighted by molar-refractivity contribution is 0.0956. The highest BCUT2D eigenvalue weighted by atomic mass is 32.2. The molecule has 0 saturated heterocycles. The molecule has 2 rings (SSSR count). The van der Waals surface area contributed by atoms with Crippen molar-refractivity contribution in [2.24, 2.45) is 0 Å². The summed E-state index contributed by atoms with van der Waals surface area (Å²) in [4.78, 5) is 11.7. The second-order valence-electron chi connectivity index (χ2n) is 5.63. The van der Waals surface area contributed by atoms with E-state index < -0.39 is 10.0 Å². The number of benzene rings is 2. The molecule has 2 aromatic rings. The van der Waals surface area contributed by atoms with Gasteiger partial charge < -0.3 is 5.32 Å². The average molecular weight is 346 g/mol. The number of aryl methyl sites for hydroxylation is 1. The summed E-state index contributed by atoms with van der Waals surface area (Å²) in [6, 6.07) is 14.3. The molecular weight excluding hydrogens is 324 g/mol. The topological polar surface area (TPSA) is 75.3 Å². The van der Waals surface area contributed by atoms with E-state index in [9.17, 15) is 13.2 Å². The Kier molecular flexibility index (Phi) is 6.11. The molecule has 0 aliphatic carbocycles. The summed E-state index contributed by atoms with van der Waals surface area (Å²) in [5.41, 5.74) is 3.15. The van der Waals surface area contributed by atoms with Crippen molar-refractivity contribution in [1.82, 2.24) is 10.0 Å². The van der Waals surface area contributed by atoms with Crippen molar-refractivity contribution in [2.45, 2.75) is 26.1 Å². The number of carbonyl (C=O) groups excluding carboxylic acids is 1. The Hall–Kier alpha value is -2.18. The molecule has 24 heavy (non-hydrogen) atoms. The highest BCUT2D eigenvalue weighted by Crippen LogP contribution is 2.09. The van der Waals surface area contributed by atoms with Gasteiger partial charge in [-0.15, -0.1) is 0 Å². The smallest absolute Gasteiger partial charge is 0.251 e. The van der Waals surface area contributed by atoms with Crippen molar-refractivity contribution in [2.75, 3.05) is 6.54 Å². The van der Waals surface area contributed by atoms with Crippen molar-refractivity contribution >= 4 is 15.9 Å². The van der Waals surface area contributed by atoms with Crippen LogP contribution < -0.4 is 10.0 Å². The predicted octanol–water partition coefficient (Wildman–Crippen LogP) is 2.36. The van der Waals surface area contributed by atoms with Crippen LogP contribution in [0, 0.1) is 6.92 Å². The van der Waals surface area contributed by atoms with Gasteiger partial charge in [-0.05, 0) is 37.1 Å². The SMILES string of the molecule is CCNC(=O)c1ccc(CNS(=O)(=O)Cc2cccc(C)c2)cc1. The lowest BCUT2D eigenvalue weighted by Crippen LogP contribution is -2.25. The molecule has 0 radical (unpaired) electrons. The highest BCUT2D eigenvalue weighted by molar-refractivity contribution is 7.88. The number of amides is 1. The van der Waals surface area contributed by atoms with Crippen molar-refractivity contribution < 1.29 is 13.2 Å². The zero-order chi connectivity index (χ0) is 17.6. The van der Waals surface area contributed by atoms with Crippen LogP contribution >= 0.6 is 0 Å². The first-order chi connectivity index (χ1) is 11.4. The maximum absolute atomic E-state index is 12.2. The predicted molar refractivity (Wildman–Crippen MR) is 95.1 cm³/mol. The van der Waals surface area contributed by atoms with Gasteiger partial charge in [-0.3, -0.25) is 4.79 Å². The molecule has 0 fully saturated rings. The Morgan fingerprint density at radius 1 is 1.04 bits per heavy atom. The van der Waals surface area contributed by atoms with Crippen molar-refractivity contribution in [1.29, 1.82) is 0 Å². The van der Waals surface area contributed by atoms with Crippen LogP contribution in [0.4, 0.5) is 0 Å². The molecule has 0 unspecified atom stereocenters. The largest absolute Gasteiger partial charge is 0.352 e. The Balaban J connectivity index is 1.95. The molecular formula is C18H22N2O3S. The van der Waals surface area contributed by atoms with Crippen LogP contribution in [0.25, 0.3) is 0 Å². The lowest BCUT2D eigenvalue weighted by atomic mass is 10.1. The summed E-state index contributed by atoms with van der Waals surface area (Å²) in [6.07, 6.45) is 0. The van der Waals surface area contributed by atoms with E-state index in [4.69, 9.17) is 0 Å². The quantitative estimate of drug-likeness (QED) is 0.808. The van der Waals surface area contributed by atoms with Gasteiger partial charge in [0.15, 0.2) is 0 Å². The summed E-state index contributed by atoms with van der Waals surface area (Å²) in [6.45, 7) is 4.55. The summed E-state index contributed by atoms with van der Waals surface area (Å²) in [7, 11) is -3.41. The minimum Gasteiger partial charge on any atom is -0.352 e. The minimum atomic E-state index is -3.41. The Morgan fingerprint density at radius 2 is 1.75 bits per heavy atom. The summed E-state index contributed by atoms with van der Waals surface area (Å²) in [5.74, 6) is -0.185. The van der Waals surface area contributed by atoms with Crippen molar-refractivity contribution in [3.8, 4) is 0 Å². The van der Waals surface area contributed by atoms with Gasteiger partial charge in [0, 0.05) is 18.7 Å². The van der Waals surface area contributed by atoms with Gasteiger partial charge in [0.05, 0.1) is 5.75 Å². The van der Waals surface area contributed by atoms with E-state index >= 15 is 0 Å². The second kappa shape index (κ2) is 8.08. The van der Waals surface area contributed by atoms with Crippen LogP contribution in [-0.2, 0) is 22.3 Å². The average Bonchev–Trinajstić information content (AvgIpc) is 2.53. The van der Waals surface area contributed by atoms with Crippen LogP contribution in [0.3, 0.4) is 0 Å². The standard InChI is InChI=1S/C18H22N2O3S/c1-3-19-18(21)17-9-7-15(8-10-17)12-20-24(22,23)13-16-6-4-5-14(2)11-16/h4-11,20H,3,12-13H2,1-2H3,(H,19,21). The number of sulfonamides is 1. The molecule has 0 spiro atoms. The van der Waals surface area contributed by atoms with Gasteiger partial charge in [0.25, 0.3) is 5.91 Å². The highest BCUT2D eigenvalue weighted by Gasteiger charge is 2.12. The third kappa shape index (κ3) is 5.47. The minimum absolute atomic E-state index is 0.0499. The van der Waals surface area contributed by atoms with Gasteiger partial charge >= 0.3 is 0 Å². The molecule has 2 aromatic carbocycles. The molecule has 0 aliphatic rings. The number of hydrogen-bond acceptors (Lipinski definition) is 3. The molecule has 128 valence electrons. The molecule has 0 saturated carbocycles. The number of hydrogen-bond donors (Lipinski definition) is 2. The van der Waals surface area contributed by atoms with E-state index in [1.807, 2.05) is 32.0 Å². The summed E-state index contributed by atoms with van der Waals surface area (Å²) in [5, 5.41) is 2.72. The van der Waals surface area contributed by atoms with E-state index in [0.717, 1.165) is 16.7 Å². The monoisotopic (exact) mass is 346 g/mol. The third-order valence-corrected chi connectivity index (χ3v) is 4.79. The maximum Gasteiger partial charge on any atom is 0.251 e. The van der Waals surface area contributed by atoms with E-state index in [1.165, 1.54) is 0 Å². The van der Waals surface area contributed by atoms with Crippen molar-refractivity contribution in [3.05, 3.63) is 70.8 Å². The first-order valence-electron chi connectivity index (χ1n) is 7.79. The second-order valence-corrected chi connectivity index (χ2v) is 7.43. The number of rotatable bonds is 7. The fraction of sp³-hybridized carbons (Fsp3) is 0.278. The van der Waals surface area contributed by atoms with Crippen LogP contribution in [0.15, 0.2) is 48.5 Å². The van der Waals surface area contributed by atoms with Crippen LogP contribution in [0.2, 0.25) is 0 Å². The Labute approximate surface area is 143 Å². The molecule has 0 aromatic heterocycles. The van der Waals surface area contributed by atoms with E-state index in [-0.39, 0.29) is 18.2 Å². The Bertz CT molecular complexity index is 799. The molecule has 2 N–H and O–H groups in total. The van der Waals surface area contributed by atoms with E-state index in [0.29, 0.717) is 12.1 Å². The molecule has 1 amide bonds. The number of nitrogens with one attached hydrogen (secondary N) is 2. The molecule has 0 bridgehead atoms. The van der Waals surface area contributed by atoms with Gasteiger partial charge in [0.1, 0.15) is 0 Å². The first-order valence-corrected chi connectivity index (χ1v) is 9.45. The fourth-order valence-electron chi connectivity index (χ4n) is 2.30. The zero-order valence-electron chi connectivity index (χ0n) is 13.9. The van der Waals surface area contributed by atoms with Gasteiger partial charge in [-0.1, -0.05) is 42.0 Å². The van der Waals surface area contributed by atoms with E-state index in [1.54, 1.807) is 30.3 Å². The lowest BCUT2D eigenvalue weighted by Gasteiger charge is -2.08. The summed E-state index contributed by atoms with van der Waals surface area (Å²) < 4.78 is 26.9. The number of carbonyl (C=O) groups is 1. The third-order valence-electron chi connectivity index (χ3n) is 3.49. The normalized spacial score (nSPS) is 11.2. The molecule has 6 heteroatoms. The molecule has 0 atom stereocenters. The van der Waals surface area contributed by atoms with Gasteiger partial charge in [-0.25, -0.2) is 13.1 Å². The molecule has 5 nitrogen and oxygen atoms in total. The zero-order valence-corrected chi connectivity index (χ0v) is 14.7. The summed E-state index contributed by atoms with van der Waals surface area (Å²) >= 11 is 0.